The van der Waals surface area contributed by atoms with Gasteiger partial charge in [0.15, 0.2) is 0 Å². The normalized spacial score (nSPS) is 10.7. The van der Waals surface area contributed by atoms with Gasteiger partial charge in [-0.15, -0.1) is 0 Å². The molecule has 1 aromatic carbocycles. The summed E-state index contributed by atoms with van der Waals surface area (Å²) >= 11 is 0. The van der Waals surface area contributed by atoms with Gasteiger partial charge in [0.2, 0.25) is 5.78 Å². The molecule has 0 spiro atoms. The van der Waals surface area contributed by atoms with Crippen molar-refractivity contribution >= 4 is 16.7 Å². The summed E-state index contributed by atoms with van der Waals surface area (Å²) in [5.74, 6) is -0.208. The minimum absolute atomic E-state index is 0.208. The molecule has 0 aliphatic rings. The molecule has 0 atom stereocenters. The van der Waals surface area contributed by atoms with Crippen LogP contribution in [0.4, 0.5) is 0 Å². The van der Waals surface area contributed by atoms with Crippen molar-refractivity contribution < 1.29 is 4.79 Å². The molecule has 0 saturated heterocycles. The van der Waals surface area contributed by atoms with Gasteiger partial charge in [-0.25, -0.2) is 4.98 Å². The van der Waals surface area contributed by atoms with Gasteiger partial charge in [0.25, 0.3) is 0 Å². The van der Waals surface area contributed by atoms with E-state index in [1.54, 1.807) is 4.68 Å². The predicted molar refractivity (Wildman–Crippen MR) is 66.2 cm³/mol. The first-order chi connectivity index (χ1) is 8.77. The van der Waals surface area contributed by atoms with Crippen molar-refractivity contribution in [1.29, 1.82) is 0 Å². The van der Waals surface area contributed by atoms with Gasteiger partial charge in [-0.05, 0) is 6.07 Å². The second kappa shape index (κ2) is 4.03. The van der Waals surface area contributed by atoms with Crippen molar-refractivity contribution in [3.05, 3.63) is 54.2 Å². The van der Waals surface area contributed by atoms with E-state index < -0.39 is 0 Å². The van der Waals surface area contributed by atoms with Crippen LogP contribution >= 0.6 is 0 Å². The molecule has 0 fully saturated rings. The molecular weight excluding hydrogens is 228 g/mol. The molecule has 0 saturated carbocycles. The molecule has 18 heavy (non-hydrogen) atoms. The number of rotatable bonds is 2. The summed E-state index contributed by atoms with van der Waals surface area (Å²) in [5, 5.41) is 5.09. The summed E-state index contributed by atoms with van der Waals surface area (Å²) in [6, 6.07) is 7.61. The number of benzene rings is 1. The summed E-state index contributed by atoms with van der Waals surface area (Å²) in [6.07, 6.45) is 4.48. The Morgan fingerprint density at radius 3 is 2.83 bits per heavy atom. The Balaban J connectivity index is 2.19. The molecule has 5 heteroatoms. The summed E-state index contributed by atoms with van der Waals surface area (Å²) in [4.78, 5) is 20.2. The zero-order valence-electron chi connectivity index (χ0n) is 9.74. The summed E-state index contributed by atoms with van der Waals surface area (Å²) in [5.41, 5.74) is 1.64. The Kier molecular flexibility index (Phi) is 2.37. The van der Waals surface area contributed by atoms with E-state index in [-0.39, 0.29) is 5.78 Å². The lowest BCUT2D eigenvalue weighted by atomic mass is 10.1. The highest BCUT2D eigenvalue weighted by Gasteiger charge is 2.18. The summed E-state index contributed by atoms with van der Waals surface area (Å²) in [6.45, 7) is 0. The average molecular weight is 238 g/mol. The molecule has 0 aliphatic heterocycles. The smallest absolute Gasteiger partial charge is 0.233 e. The van der Waals surface area contributed by atoms with Crippen LogP contribution in [-0.2, 0) is 7.05 Å². The van der Waals surface area contributed by atoms with E-state index in [2.05, 4.69) is 15.1 Å². The monoisotopic (exact) mass is 238 g/mol. The number of fused-ring (bicyclic) bond motifs is 1. The van der Waals surface area contributed by atoms with Crippen LogP contribution in [0.25, 0.3) is 10.9 Å². The summed E-state index contributed by atoms with van der Waals surface area (Å²) < 4.78 is 1.69. The Morgan fingerprint density at radius 2 is 2.06 bits per heavy atom. The molecule has 3 rings (SSSR count). The van der Waals surface area contributed by atoms with Crippen molar-refractivity contribution in [2.45, 2.75) is 0 Å². The standard InChI is InChI=1S/C13H10N4O/c1-17-11-5-3-2-4-9(11)12(16-17)13(18)10-8-14-6-7-15-10/h2-8H,1H3. The highest BCUT2D eigenvalue weighted by atomic mass is 16.1. The maximum Gasteiger partial charge on any atom is 0.233 e. The van der Waals surface area contributed by atoms with Crippen LogP contribution in [0.15, 0.2) is 42.9 Å². The number of aromatic nitrogens is 4. The first kappa shape index (κ1) is 10.6. The predicted octanol–water partition coefficient (Wildman–Crippen LogP) is 1.59. The lowest BCUT2D eigenvalue weighted by molar-refractivity contribution is 0.103. The SMILES string of the molecule is Cn1nc(C(=O)c2cnccn2)c2ccccc21. The van der Waals surface area contributed by atoms with Crippen LogP contribution in [0.5, 0.6) is 0 Å². The number of nitrogens with zero attached hydrogens (tertiary/aromatic N) is 4. The van der Waals surface area contributed by atoms with Gasteiger partial charge in [-0.1, -0.05) is 18.2 Å². The quantitative estimate of drug-likeness (QED) is 0.636. The molecule has 0 bridgehead atoms. The third-order valence-electron chi connectivity index (χ3n) is 2.77. The molecule has 2 aromatic heterocycles. The minimum Gasteiger partial charge on any atom is -0.285 e. The van der Waals surface area contributed by atoms with Crippen molar-refractivity contribution in [2.24, 2.45) is 7.05 Å². The molecule has 0 unspecified atom stereocenters. The second-order valence-corrected chi connectivity index (χ2v) is 3.91. The van der Waals surface area contributed by atoms with E-state index in [1.807, 2.05) is 31.3 Å². The number of hydrogen-bond acceptors (Lipinski definition) is 4. The lowest BCUT2D eigenvalue weighted by Crippen LogP contribution is -2.06. The van der Waals surface area contributed by atoms with Crippen molar-refractivity contribution in [3.63, 3.8) is 0 Å². The number of carbonyl (C=O) groups excluding carboxylic acids is 1. The first-order valence-electron chi connectivity index (χ1n) is 5.50. The fourth-order valence-corrected chi connectivity index (χ4v) is 1.92. The number of carbonyl (C=O) groups is 1. The zero-order chi connectivity index (χ0) is 12.5. The van der Waals surface area contributed by atoms with Gasteiger partial charge >= 0.3 is 0 Å². The largest absolute Gasteiger partial charge is 0.285 e. The zero-order valence-corrected chi connectivity index (χ0v) is 9.74. The fourth-order valence-electron chi connectivity index (χ4n) is 1.92. The first-order valence-corrected chi connectivity index (χ1v) is 5.50. The minimum atomic E-state index is -0.208. The van der Waals surface area contributed by atoms with Gasteiger partial charge in [0.1, 0.15) is 11.4 Å². The van der Waals surface area contributed by atoms with Crippen LogP contribution in [0.3, 0.4) is 0 Å². The molecule has 5 nitrogen and oxygen atoms in total. The van der Waals surface area contributed by atoms with E-state index in [0.29, 0.717) is 11.4 Å². The number of para-hydroxylation sites is 1. The van der Waals surface area contributed by atoms with Crippen molar-refractivity contribution in [2.75, 3.05) is 0 Å². The van der Waals surface area contributed by atoms with Crippen molar-refractivity contribution in [1.82, 2.24) is 19.7 Å². The van der Waals surface area contributed by atoms with Gasteiger partial charge in [0.05, 0.1) is 11.7 Å². The van der Waals surface area contributed by atoms with E-state index in [1.165, 1.54) is 18.6 Å². The number of aryl methyl sites for hydroxylation is 1. The van der Waals surface area contributed by atoms with E-state index in [0.717, 1.165) is 10.9 Å². The molecule has 0 radical (unpaired) electrons. The summed E-state index contributed by atoms with van der Waals surface area (Å²) in [7, 11) is 1.82. The van der Waals surface area contributed by atoms with Gasteiger partial charge < -0.3 is 0 Å². The Morgan fingerprint density at radius 1 is 1.22 bits per heavy atom. The molecule has 88 valence electrons. The molecule has 0 aliphatic carbocycles. The van der Waals surface area contributed by atoms with Gasteiger partial charge in [-0.3, -0.25) is 14.5 Å². The maximum absolute atomic E-state index is 12.3. The molecule has 0 amide bonds. The van der Waals surface area contributed by atoms with Crippen LogP contribution in [-0.4, -0.2) is 25.5 Å². The van der Waals surface area contributed by atoms with Crippen LogP contribution < -0.4 is 0 Å². The van der Waals surface area contributed by atoms with Crippen LogP contribution in [0.1, 0.15) is 16.2 Å². The molecule has 2 heterocycles. The van der Waals surface area contributed by atoms with Crippen LogP contribution in [0, 0.1) is 0 Å². The molecule has 0 N–H and O–H groups in total. The highest BCUT2D eigenvalue weighted by molar-refractivity contribution is 6.13. The Labute approximate surface area is 103 Å². The van der Waals surface area contributed by atoms with Crippen LogP contribution in [0.2, 0.25) is 0 Å². The Hall–Kier alpha value is -2.56. The maximum atomic E-state index is 12.3. The highest BCUT2D eigenvalue weighted by Crippen LogP contribution is 2.19. The van der Waals surface area contributed by atoms with Gasteiger partial charge in [-0.2, -0.15) is 5.10 Å². The third-order valence-corrected chi connectivity index (χ3v) is 2.77. The van der Waals surface area contributed by atoms with E-state index in [9.17, 15) is 4.79 Å². The molecular formula is C13H10N4O. The Bertz CT molecular complexity index is 718. The van der Waals surface area contributed by atoms with E-state index >= 15 is 0 Å². The second-order valence-electron chi connectivity index (χ2n) is 3.91. The topological polar surface area (TPSA) is 60.7 Å². The average Bonchev–Trinajstić information content (AvgIpc) is 2.77. The number of hydrogen-bond donors (Lipinski definition) is 0. The number of ketones is 1. The van der Waals surface area contributed by atoms with Crippen molar-refractivity contribution in [3.8, 4) is 0 Å². The fraction of sp³-hybridized carbons (Fsp3) is 0.0769. The van der Waals surface area contributed by atoms with Gasteiger partial charge in [0, 0.05) is 24.8 Å². The lowest BCUT2D eigenvalue weighted by Gasteiger charge is -1.95. The van der Waals surface area contributed by atoms with E-state index in [4.69, 9.17) is 0 Å². The third kappa shape index (κ3) is 1.57. The molecule has 3 aromatic rings.